The van der Waals surface area contributed by atoms with Crippen molar-refractivity contribution in [2.75, 3.05) is 20.3 Å². The van der Waals surface area contributed by atoms with Crippen LogP contribution in [-0.4, -0.2) is 40.9 Å². The molecule has 0 atom stereocenters. The van der Waals surface area contributed by atoms with E-state index in [1.54, 1.807) is 10.7 Å². The van der Waals surface area contributed by atoms with Crippen LogP contribution < -0.4 is 0 Å². The van der Waals surface area contributed by atoms with E-state index in [0.717, 1.165) is 0 Å². The minimum absolute atomic E-state index is 0.274. The Morgan fingerprint density at radius 2 is 2.35 bits per heavy atom. The molecule has 0 spiro atoms. The SMILES string of the molecule is COC(=O)C1(c2nc3ccccn3n2)COC1. The Bertz CT molecular complexity index is 541. The number of carbonyl (C=O) groups excluding carboxylic acids is 1. The molecule has 3 rings (SSSR count). The number of aromatic nitrogens is 3. The number of hydrogen-bond donors (Lipinski definition) is 0. The summed E-state index contributed by atoms with van der Waals surface area (Å²) in [6.45, 7) is 0.549. The number of pyridine rings is 1. The highest BCUT2D eigenvalue weighted by Gasteiger charge is 2.52. The molecule has 0 aromatic carbocycles. The van der Waals surface area contributed by atoms with Crippen LogP contribution in [-0.2, 0) is 19.7 Å². The first-order valence-electron chi connectivity index (χ1n) is 5.24. The van der Waals surface area contributed by atoms with Gasteiger partial charge < -0.3 is 9.47 Å². The number of esters is 1. The van der Waals surface area contributed by atoms with E-state index in [1.165, 1.54) is 7.11 Å². The molecule has 2 aromatic rings. The maximum absolute atomic E-state index is 11.8. The second kappa shape index (κ2) is 3.53. The van der Waals surface area contributed by atoms with Crippen LogP contribution in [0.2, 0.25) is 0 Å². The summed E-state index contributed by atoms with van der Waals surface area (Å²) in [5.74, 6) is 0.112. The molecule has 0 N–H and O–H groups in total. The summed E-state index contributed by atoms with van der Waals surface area (Å²) in [7, 11) is 1.36. The summed E-state index contributed by atoms with van der Waals surface area (Å²) in [6, 6.07) is 5.56. The number of nitrogens with zero attached hydrogens (tertiary/aromatic N) is 3. The van der Waals surface area contributed by atoms with E-state index in [9.17, 15) is 4.79 Å². The van der Waals surface area contributed by atoms with E-state index in [2.05, 4.69) is 10.1 Å². The van der Waals surface area contributed by atoms with Gasteiger partial charge in [-0.25, -0.2) is 9.50 Å². The average molecular weight is 233 g/mol. The van der Waals surface area contributed by atoms with E-state index < -0.39 is 5.41 Å². The molecule has 3 heterocycles. The van der Waals surface area contributed by atoms with E-state index >= 15 is 0 Å². The fourth-order valence-corrected chi connectivity index (χ4v) is 1.87. The highest BCUT2D eigenvalue weighted by atomic mass is 16.5. The van der Waals surface area contributed by atoms with Gasteiger partial charge in [-0.1, -0.05) is 6.07 Å². The van der Waals surface area contributed by atoms with Crippen molar-refractivity contribution in [2.24, 2.45) is 0 Å². The van der Waals surface area contributed by atoms with Crippen LogP contribution >= 0.6 is 0 Å². The molecule has 1 aliphatic heterocycles. The van der Waals surface area contributed by atoms with Gasteiger partial charge in [0.2, 0.25) is 0 Å². The lowest BCUT2D eigenvalue weighted by Crippen LogP contribution is -2.54. The third-order valence-electron chi connectivity index (χ3n) is 2.94. The molecule has 17 heavy (non-hydrogen) atoms. The summed E-state index contributed by atoms with van der Waals surface area (Å²) < 4.78 is 11.6. The molecule has 0 aliphatic carbocycles. The standard InChI is InChI=1S/C11H11N3O3/c1-16-10(15)11(6-17-7-11)9-12-8-4-2-3-5-14(8)13-9/h2-5H,6-7H2,1H3. The van der Waals surface area contributed by atoms with Gasteiger partial charge in [0.15, 0.2) is 16.9 Å². The average Bonchev–Trinajstić information content (AvgIpc) is 2.70. The predicted molar refractivity (Wildman–Crippen MR) is 57.5 cm³/mol. The van der Waals surface area contributed by atoms with Crippen LogP contribution in [0.5, 0.6) is 0 Å². The van der Waals surface area contributed by atoms with E-state index in [0.29, 0.717) is 11.5 Å². The smallest absolute Gasteiger partial charge is 0.324 e. The molecule has 2 aromatic heterocycles. The van der Waals surface area contributed by atoms with Gasteiger partial charge in [-0.2, -0.15) is 0 Å². The van der Waals surface area contributed by atoms with Crippen molar-refractivity contribution in [3.63, 3.8) is 0 Å². The number of methoxy groups -OCH3 is 1. The minimum Gasteiger partial charge on any atom is -0.468 e. The molecule has 1 saturated heterocycles. The molecule has 1 fully saturated rings. The quantitative estimate of drug-likeness (QED) is 0.692. The summed E-state index contributed by atoms with van der Waals surface area (Å²) in [4.78, 5) is 16.1. The largest absolute Gasteiger partial charge is 0.468 e. The molecule has 6 heteroatoms. The zero-order valence-electron chi connectivity index (χ0n) is 9.29. The molecular formula is C11H11N3O3. The molecule has 0 radical (unpaired) electrons. The van der Waals surface area contributed by atoms with Gasteiger partial charge in [-0.3, -0.25) is 4.79 Å². The third-order valence-corrected chi connectivity index (χ3v) is 2.94. The summed E-state index contributed by atoms with van der Waals surface area (Å²) in [6.07, 6.45) is 1.79. The van der Waals surface area contributed by atoms with Crippen LogP contribution in [0.15, 0.2) is 24.4 Å². The van der Waals surface area contributed by atoms with E-state index in [-0.39, 0.29) is 19.2 Å². The lowest BCUT2D eigenvalue weighted by Gasteiger charge is -2.35. The van der Waals surface area contributed by atoms with Crippen LogP contribution in [0.4, 0.5) is 0 Å². The minimum atomic E-state index is -0.833. The fraction of sp³-hybridized carbons (Fsp3) is 0.364. The molecule has 6 nitrogen and oxygen atoms in total. The number of hydrogen-bond acceptors (Lipinski definition) is 5. The zero-order chi connectivity index (χ0) is 11.9. The van der Waals surface area contributed by atoms with Crippen LogP contribution in [0, 0.1) is 0 Å². The molecule has 0 amide bonds. The summed E-state index contributed by atoms with van der Waals surface area (Å²) >= 11 is 0. The van der Waals surface area contributed by atoms with Crippen molar-refractivity contribution < 1.29 is 14.3 Å². The Morgan fingerprint density at radius 3 is 2.94 bits per heavy atom. The molecule has 1 aliphatic rings. The Morgan fingerprint density at radius 1 is 1.53 bits per heavy atom. The Labute approximate surface area is 97.2 Å². The van der Waals surface area contributed by atoms with E-state index in [1.807, 2.05) is 18.2 Å². The maximum Gasteiger partial charge on any atom is 0.324 e. The molecule has 88 valence electrons. The monoisotopic (exact) mass is 233 g/mol. The molecular weight excluding hydrogens is 222 g/mol. The second-order valence-electron chi connectivity index (χ2n) is 4.01. The first-order valence-corrected chi connectivity index (χ1v) is 5.24. The Hall–Kier alpha value is -1.95. The Kier molecular flexibility index (Phi) is 2.12. The number of rotatable bonds is 2. The van der Waals surface area contributed by atoms with Gasteiger partial charge in [-0.15, -0.1) is 5.10 Å². The molecule has 0 saturated carbocycles. The second-order valence-corrected chi connectivity index (χ2v) is 4.01. The molecule has 0 bridgehead atoms. The van der Waals surface area contributed by atoms with Crippen LogP contribution in [0.3, 0.4) is 0 Å². The number of fused-ring (bicyclic) bond motifs is 1. The van der Waals surface area contributed by atoms with Crippen LogP contribution in [0.25, 0.3) is 5.65 Å². The Balaban J connectivity index is 2.10. The maximum atomic E-state index is 11.8. The first-order chi connectivity index (χ1) is 8.26. The fourth-order valence-electron chi connectivity index (χ4n) is 1.87. The van der Waals surface area contributed by atoms with Gasteiger partial charge in [0.1, 0.15) is 0 Å². The van der Waals surface area contributed by atoms with Gasteiger partial charge in [0, 0.05) is 6.20 Å². The van der Waals surface area contributed by atoms with Gasteiger partial charge in [-0.05, 0) is 12.1 Å². The highest BCUT2D eigenvalue weighted by Crippen LogP contribution is 2.31. The summed E-state index contributed by atoms with van der Waals surface area (Å²) in [5.41, 5.74) is -0.126. The van der Waals surface area contributed by atoms with Crippen molar-refractivity contribution in [1.29, 1.82) is 0 Å². The van der Waals surface area contributed by atoms with Gasteiger partial charge in [0.05, 0.1) is 20.3 Å². The van der Waals surface area contributed by atoms with Crippen LogP contribution in [0.1, 0.15) is 5.82 Å². The van der Waals surface area contributed by atoms with Gasteiger partial charge in [0.25, 0.3) is 0 Å². The lowest BCUT2D eigenvalue weighted by molar-refractivity contribution is -0.167. The van der Waals surface area contributed by atoms with E-state index in [4.69, 9.17) is 9.47 Å². The topological polar surface area (TPSA) is 65.7 Å². The van der Waals surface area contributed by atoms with Crippen molar-refractivity contribution >= 4 is 11.6 Å². The summed E-state index contributed by atoms with van der Waals surface area (Å²) in [5, 5.41) is 4.30. The predicted octanol–water partition coefficient (Wildman–Crippen LogP) is 0.170. The van der Waals surface area contributed by atoms with Crippen molar-refractivity contribution in [3.8, 4) is 0 Å². The lowest BCUT2D eigenvalue weighted by atomic mass is 9.85. The number of ether oxygens (including phenoxy) is 2. The van der Waals surface area contributed by atoms with Crippen molar-refractivity contribution in [3.05, 3.63) is 30.2 Å². The number of carbonyl (C=O) groups is 1. The zero-order valence-corrected chi connectivity index (χ0v) is 9.29. The highest BCUT2D eigenvalue weighted by molar-refractivity contribution is 5.83. The van der Waals surface area contributed by atoms with Crippen molar-refractivity contribution in [1.82, 2.24) is 14.6 Å². The normalized spacial score (nSPS) is 17.7. The third kappa shape index (κ3) is 1.34. The van der Waals surface area contributed by atoms with Gasteiger partial charge >= 0.3 is 5.97 Å². The first kappa shape index (κ1) is 10.2. The van der Waals surface area contributed by atoms with Crippen molar-refractivity contribution in [2.45, 2.75) is 5.41 Å². The molecule has 0 unspecified atom stereocenters.